The number of benzene rings is 4. The summed E-state index contributed by atoms with van der Waals surface area (Å²) >= 11 is 0. The SMILES string of the molecule is CCOC(=O)[C@]1(c2ccccc2)C[C@H]([Si](C)(C)[C@H](c2ccccc2)c2cccc3ccccc23)CO1. The van der Waals surface area contributed by atoms with E-state index in [9.17, 15) is 4.79 Å². The van der Waals surface area contributed by atoms with E-state index in [0.717, 1.165) is 5.56 Å². The highest BCUT2D eigenvalue weighted by atomic mass is 28.3. The highest BCUT2D eigenvalue weighted by Gasteiger charge is 2.55. The van der Waals surface area contributed by atoms with Crippen molar-refractivity contribution in [3.8, 4) is 0 Å². The van der Waals surface area contributed by atoms with Crippen molar-refractivity contribution < 1.29 is 14.3 Å². The Morgan fingerprint density at radius 3 is 2.28 bits per heavy atom. The molecule has 0 N–H and O–H groups in total. The minimum absolute atomic E-state index is 0.257. The smallest absolute Gasteiger partial charge is 0.343 e. The van der Waals surface area contributed by atoms with Gasteiger partial charge in [-0.1, -0.05) is 116 Å². The fourth-order valence-corrected chi connectivity index (χ4v) is 9.90. The van der Waals surface area contributed by atoms with Crippen molar-refractivity contribution in [3.05, 3.63) is 120 Å². The fourth-order valence-electron chi connectivity index (χ4n) is 6.00. The second-order valence-corrected chi connectivity index (χ2v) is 15.4. The Bertz CT molecular complexity index is 1330. The van der Waals surface area contributed by atoms with Crippen LogP contribution in [0, 0.1) is 0 Å². The predicted octanol–water partition coefficient (Wildman–Crippen LogP) is 7.47. The van der Waals surface area contributed by atoms with E-state index in [4.69, 9.17) is 9.47 Å². The van der Waals surface area contributed by atoms with Crippen molar-refractivity contribution in [1.82, 2.24) is 0 Å². The van der Waals surface area contributed by atoms with Gasteiger partial charge in [0.2, 0.25) is 0 Å². The first-order chi connectivity index (χ1) is 17.5. The summed E-state index contributed by atoms with van der Waals surface area (Å²) in [6.45, 7) is 7.68. The molecule has 5 rings (SSSR count). The van der Waals surface area contributed by atoms with Gasteiger partial charge in [-0.3, -0.25) is 0 Å². The number of fused-ring (bicyclic) bond motifs is 1. The van der Waals surface area contributed by atoms with Gasteiger partial charge in [0.25, 0.3) is 0 Å². The zero-order chi connectivity index (χ0) is 25.2. The van der Waals surface area contributed by atoms with Gasteiger partial charge in [0.05, 0.1) is 14.7 Å². The first-order valence-electron chi connectivity index (χ1n) is 12.9. The number of carbonyl (C=O) groups excluding carboxylic acids is 1. The molecule has 0 saturated carbocycles. The summed E-state index contributed by atoms with van der Waals surface area (Å²) < 4.78 is 12.1. The van der Waals surface area contributed by atoms with Crippen LogP contribution in [0.15, 0.2) is 103 Å². The van der Waals surface area contributed by atoms with Gasteiger partial charge in [0.15, 0.2) is 5.60 Å². The first-order valence-corrected chi connectivity index (χ1v) is 16.0. The summed E-state index contributed by atoms with van der Waals surface area (Å²) in [5.41, 5.74) is 3.06. The van der Waals surface area contributed by atoms with Crippen LogP contribution in [0.5, 0.6) is 0 Å². The minimum Gasteiger partial charge on any atom is -0.464 e. The average Bonchev–Trinajstić information content (AvgIpc) is 3.38. The van der Waals surface area contributed by atoms with Gasteiger partial charge >= 0.3 is 5.97 Å². The molecule has 4 heteroatoms. The zero-order valence-electron chi connectivity index (χ0n) is 21.3. The maximum absolute atomic E-state index is 13.4. The second kappa shape index (κ2) is 10.0. The van der Waals surface area contributed by atoms with Crippen LogP contribution in [0.1, 0.15) is 35.6 Å². The van der Waals surface area contributed by atoms with Crippen LogP contribution in [0.2, 0.25) is 18.6 Å². The molecular formula is C32H34O3Si. The van der Waals surface area contributed by atoms with Crippen LogP contribution in [0.25, 0.3) is 10.8 Å². The molecule has 4 aromatic rings. The normalized spacial score (nSPS) is 20.8. The molecule has 36 heavy (non-hydrogen) atoms. The molecule has 3 atom stereocenters. The van der Waals surface area contributed by atoms with E-state index in [0.29, 0.717) is 19.6 Å². The fraction of sp³-hybridized carbons (Fsp3) is 0.281. The molecule has 3 nitrogen and oxygen atoms in total. The molecule has 1 aliphatic heterocycles. The Kier molecular flexibility index (Phi) is 6.83. The van der Waals surface area contributed by atoms with E-state index in [-0.39, 0.29) is 17.1 Å². The predicted molar refractivity (Wildman–Crippen MR) is 149 cm³/mol. The van der Waals surface area contributed by atoms with Crippen molar-refractivity contribution in [3.63, 3.8) is 0 Å². The molecular weight excluding hydrogens is 460 g/mol. The van der Waals surface area contributed by atoms with E-state index in [1.165, 1.54) is 21.9 Å². The third-order valence-corrected chi connectivity index (χ3v) is 12.6. The molecule has 1 heterocycles. The lowest BCUT2D eigenvalue weighted by Crippen LogP contribution is -2.43. The largest absolute Gasteiger partial charge is 0.464 e. The molecule has 4 aromatic carbocycles. The van der Waals surface area contributed by atoms with Gasteiger partial charge in [0.1, 0.15) is 0 Å². The summed E-state index contributed by atoms with van der Waals surface area (Å²) in [6.07, 6.45) is 0.642. The second-order valence-electron chi connectivity index (χ2n) is 10.4. The molecule has 0 amide bonds. The lowest BCUT2D eigenvalue weighted by Gasteiger charge is -2.39. The molecule has 0 unspecified atom stereocenters. The topological polar surface area (TPSA) is 35.5 Å². The average molecular weight is 495 g/mol. The highest BCUT2D eigenvalue weighted by molar-refractivity contribution is 6.81. The Labute approximate surface area is 215 Å². The number of hydrogen-bond acceptors (Lipinski definition) is 3. The number of ether oxygens (including phenoxy) is 2. The third kappa shape index (κ3) is 4.29. The zero-order valence-corrected chi connectivity index (χ0v) is 22.3. The summed E-state index contributed by atoms with van der Waals surface area (Å²) in [6, 6.07) is 36.1. The van der Waals surface area contributed by atoms with Crippen LogP contribution in [-0.4, -0.2) is 27.3 Å². The molecule has 0 radical (unpaired) electrons. The molecule has 1 aliphatic rings. The Balaban J connectivity index is 1.61. The Morgan fingerprint density at radius 2 is 1.56 bits per heavy atom. The van der Waals surface area contributed by atoms with Crippen molar-refractivity contribution in [2.45, 2.75) is 43.1 Å². The van der Waals surface area contributed by atoms with Crippen molar-refractivity contribution in [2.24, 2.45) is 0 Å². The molecule has 1 fully saturated rings. The van der Waals surface area contributed by atoms with Crippen LogP contribution < -0.4 is 0 Å². The van der Waals surface area contributed by atoms with Crippen molar-refractivity contribution in [2.75, 3.05) is 13.2 Å². The molecule has 0 spiro atoms. The molecule has 0 bridgehead atoms. The van der Waals surface area contributed by atoms with Gasteiger partial charge < -0.3 is 9.47 Å². The van der Waals surface area contributed by atoms with E-state index < -0.39 is 13.7 Å². The number of esters is 1. The lowest BCUT2D eigenvalue weighted by atomic mass is 9.90. The molecule has 184 valence electrons. The van der Waals surface area contributed by atoms with Crippen LogP contribution in [0.3, 0.4) is 0 Å². The summed E-state index contributed by atoms with van der Waals surface area (Å²) in [5, 5.41) is 2.56. The van der Waals surface area contributed by atoms with Gasteiger partial charge in [-0.05, 0) is 46.3 Å². The lowest BCUT2D eigenvalue weighted by molar-refractivity contribution is -0.168. The van der Waals surface area contributed by atoms with Crippen LogP contribution in [0.4, 0.5) is 0 Å². The maximum Gasteiger partial charge on any atom is 0.343 e. The molecule has 1 saturated heterocycles. The summed E-state index contributed by atoms with van der Waals surface area (Å²) in [5.74, 6) is -0.273. The van der Waals surface area contributed by atoms with Gasteiger partial charge in [-0.2, -0.15) is 0 Å². The maximum atomic E-state index is 13.4. The third-order valence-electron chi connectivity index (χ3n) is 7.97. The van der Waals surface area contributed by atoms with E-state index >= 15 is 0 Å². The summed E-state index contributed by atoms with van der Waals surface area (Å²) in [4.78, 5) is 13.4. The van der Waals surface area contributed by atoms with Gasteiger partial charge in [-0.25, -0.2) is 4.79 Å². The van der Waals surface area contributed by atoms with Crippen molar-refractivity contribution in [1.29, 1.82) is 0 Å². The monoisotopic (exact) mass is 494 g/mol. The molecule has 0 aliphatic carbocycles. The Morgan fingerprint density at radius 1 is 0.917 bits per heavy atom. The van der Waals surface area contributed by atoms with Crippen LogP contribution >= 0.6 is 0 Å². The number of carbonyl (C=O) groups is 1. The number of hydrogen-bond donors (Lipinski definition) is 0. The standard InChI is InChI=1S/C32H34O3Si/c1-4-34-31(33)32(26-18-9-6-10-19-26)22-27(23-35-32)36(2,3)30(25-15-7-5-8-16-25)29-21-13-17-24-14-11-12-20-28(24)29/h5-21,27,30H,4,22-23H2,1-3H3/t27-,30+,32+/m0/s1. The van der Waals surface area contributed by atoms with E-state index in [2.05, 4.69) is 85.9 Å². The first kappa shape index (κ1) is 24.5. The van der Waals surface area contributed by atoms with Crippen molar-refractivity contribution >= 4 is 24.8 Å². The quantitative estimate of drug-likeness (QED) is 0.197. The van der Waals surface area contributed by atoms with Crippen LogP contribution in [-0.2, 0) is 19.9 Å². The van der Waals surface area contributed by atoms with E-state index in [1.807, 2.05) is 37.3 Å². The van der Waals surface area contributed by atoms with E-state index in [1.54, 1.807) is 0 Å². The van der Waals surface area contributed by atoms with Gasteiger partial charge in [-0.15, -0.1) is 0 Å². The molecule has 0 aromatic heterocycles. The summed E-state index contributed by atoms with van der Waals surface area (Å²) in [7, 11) is -2.12. The van der Waals surface area contributed by atoms with Gasteiger partial charge in [0, 0.05) is 12.1 Å². The minimum atomic E-state index is -2.12. The Hall–Kier alpha value is -3.21. The highest BCUT2D eigenvalue weighted by Crippen LogP contribution is 2.52. The number of rotatable bonds is 7.